The Morgan fingerprint density at radius 2 is 2.15 bits per heavy atom. The predicted molar refractivity (Wildman–Crippen MR) is 104 cm³/mol. The number of amides is 1. The minimum atomic E-state index is -0.349. The number of aromatic nitrogens is 4. The van der Waals surface area contributed by atoms with Gasteiger partial charge in [-0.3, -0.25) is 15.2 Å². The number of aromatic amines is 1. The third-order valence-corrected chi connectivity index (χ3v) is 5.80. The van der Waals surface area contributed by atoms with Crippen LogP contribution in [0.3, 0.4) is 0 Å². The summed E-state index contributed by atoms with van der Waals surface area (Å²) in [5.74, 6) is 0.743. The number of carbonyl (C=O) groups is 1. The van der Waals surface area contributed by atoms with Crippen molar-refractivity contribution in [2.75, 3.05) is 11.1 Å². The van der Waals surface area contributed by atoms with Gasteiger partial charge >= 0.3 is 0 Å². The fourth-order valence-electron chi connectivity index (χ4n) is 2.26. The molecule has 0 aliphatic rings. The molecule has 26 heavy (non-hydrogen) atoms. The first kappa shape index (κ1) is 18.4. The molecule has 0 atom stereocenters. The Balaban J connectivity index is 1.73. The maximum Gasteiger partial charge on any atom is 0.275 e. The van der Waals surface area contributed by atoms with Crippen molar-refractivity contribution in [3.63, 3.8) is 0 Å². The van der Waals surface area contributed by atoms with Crippen molar-refractivity contribution in [3.05, 3.63) is 35.5 Å². The number of phenolic OH excluding ortho intramolecular Hbond substituents is 1. The van der Waals surface area contributed by atoms with Gasteiger partial charge in [0.2, 0.25) is 5.13 Å². The molecule has 0 aliphatic carbocycles. The first-order valence-corrected chi connectivity index (χ1v) is 10.1. The van der Waals surface area contributed by atoms with Gasteiger partial charge in [0.15, 0.2) is 4.34 Å². The van der Waals surface area contributed by atoms with Gasteiger partial charge in [0, 0.05) is 11.3 Å². The van der Waals surface area contributed by atoms with Crippen molar-refractivity contribution in [3.8, 4) is 17.0 Å². The van der Waals surface area contributed by atoms with Crippen molar-refractivity contribution in [2.45, 2.75) is 31.0 Å². The SMILES string of the molecule is CCCSc1nnc(NC(=O)c2cc(-c3cc(CC)ccc3O)n[nH]2)s1. The third-order valence-electron chi connectivity index (χ3n) is 3.62. The molecule has 0 fully saturated rings. The Bertz CT molecular complexity index is 906. The molecule has 0 saturated carbocycles. The molecular formula is C17H19N5O2S2. The molecule has 3 N–H and O–H groups in total. The second-order valence-electron chi connectivity index (χ2n) is 5.55. The standard InChI is InChI=1S/C17H19N5O2S2/c1-3-7-25-17-22-21-16(26-17)18-15(24)13-9-12(19-20-13)11-8-10(4-2)5-6-14(11)23/h5-6,8-9,23H,3-4,7H2,1-2H3,(H,19,20)(H,18,21,24). The lowest BCUT2D eigenvalue weighted by molar-refractivity contribution is 0.102. The number of hydrogen-bond donors (Lipinski definition) is 3. The number of nitrogens with one attached hydrogen (secondary N) is 2. The van der Waals surface area contributed by atoms with E-state index in [0.717, 1.165) is 28.5 Å². The highest BCUT2D eigenvalue weighted by molar-refractivity contribution is 8.01. The van der Waals surface area contributed by atoms with Crippen LogP contribution in [0, 0.1) is 0 Å². The third kappa shape index (κ3) is 4.23. The van der Waals surface area contributed by atoms with E-state index in [1.807, 2.05) is 19.1 Å². The van der Waals surface area contributed by atoms with Crippen LogP contribution in [0.15, 0.2) is 28.6 Å². The van der Waals surface area contributed by atoms with Crippen LogP contribution >= 0.6 is 23.1 Å². The van der Waals surface area contributed by atoms with E-state index in [-0.39, 0.29) is 11.7 Å². The van der Waals surface area contributed by atoms with Crippen molar-refractivity contribution < 1.29 is 9.90 Å². The summed E-state index contributed by atoms with van der Waals surface area (Å²) in [5, 5.41) is 28.1. The number of hydrogen-bond acceptors (Lipinski definition) is 7. The molecule has 2 aromatic heterocycles. The largest absolute Gasteiger partial charge is 0.507 e. The Labute approximate surface area is 159 Å². The summed E-state index contributed by atoms with van der Waals surface area (Å²) in [7, 11) is 0. The van der Waals surface area contributed by atoms with Crippen LogP contribution in [-0.4, -0.2) is 37.2 Å². The van der Waals surface area contributed by atoms with Crippen LogP contribution in [0.4, 0.5) is 5.13 Å². The number of rotatable bonds is 7. The zero-order valence-corrected chi connectivity index (χ0v) is 16.1. The average molecular weight is 390 g/mol. The quantitative estimate of drug-likeness (QED) is 0.417. The maximum atomic E-state index is 12.4. The van der Waals surface area contributed by atoms with Crippen molar-refractivity contribution in [2.24, 2.45) is 0 Å². The molecule has 0 spiro atoms. The second kappa shape index (κ2) is 8.33. The minimum absolute atomic E-state index is 0.127. The van der Waals surface area contributed by atoms with E-state index in [2.05, 4.69) is 32.6 Å². The normalized spacial score (nSPS) is 10.8. The first-order chi connectivity index (χ1) is 12.6. The highest BCUT2D eigenvalue weighted by Crippen LogP contribution is 2.30. The van der Waals surface area contributed by atoms with Gasteiger partial charge in [-0.1, -0.05) is 43.0 Å². The van der Waals surface area contributed by atoms with Crippen molar-refractivity contribution >= 4 is 34.1 Å². The fourth-order valence-corrected chi connectivity index (χ4v) is 3.93. The monoisotopic (exact) mass is 389 g/mol. The number of anilines is 1. The summed E-state index contributed by atoms with van der Waals surface area (Å²) < 4.78 is 0.828. The molecule has 0 unspecified atom stereocenters. The van der Waals surface area contributed by atoms with Crippen LogP contribution in [0.5, 0.6) is 5.75 Å². The number of benzene rings is 1. The molecule has 3 rings (SSSR count). The number of nitrogens with zero attached hydrogens (tertiary/aromatic N) is 3. The van der Waals surface area contributed by atoms with Gasteiger partial charge in [-0.25, -0.2) is 0 Å². The first-order valence-electron chi connectivity index (χ1n) is 8.26. The minimum Gasteiger partial charge on any atom is -0.507 e. The van der Waals surface area contributed by atoms with E-state index in [0.29, 0.717) is 22.1 Å². The van der Waals surface area contributed by atoms with Gasteiger partial charge in [0.25, 0.3) is 5.91 Å². The van der Waals surface area contributed by atoms with Crippen LogP contribution in [-0.2, 0) is 6.42 Å². The van der Waals surface area contributed by atoms with E-state index in [1.54, 1.807) is 23.9 Å². The van der Waals surface area contributed by atoms with E-state index in [1.165, 1.54) is 11.3 Å². The number of aryl methyl sites for hydroxylation is 1. The maximum absolute atomic E-state index is 12.4. The van der Waals surface area contributed by atoms with E-state index in [9.17, 15) is 9.90 Å². The summed E-state index contributed by atoms with van der Waals surface area (Å²) in [6.45, 7) is 4.13. The number of H-pyrrole nitrogens is 1. The van der Waals surface area contributed by atoms with Gasteiger partial charge in [-0.15, -0.1) is 10.2 Å². The van der Waals surface area contributed by atoms with E-state index >= 15 is 0 Å². The highest BCUT2D eigenvalue weighted by Gasteiger charge is 2.15. The lowest BCUT2D eigenvalue weighted by Crippen LogP contribution is -2.12. The molecule has 9 heteroatoms. The zero-order chi connectivity index (χ0) is 18.5. The summed E-state index contributed by atoms with van der Waals surface area (Å²) in [6.07, 6.45) is 1.90. The van der Waals surface area contributed by atoms with Gasteiger partial charge in [0.05, 0.1) is 5.69 Å². The molecule has 0 saturated heterocycles. The van der Waals surface area contributed by atoms with Gasteiger partial charge in [-0.05, 0) is 36.6 Å². The van der Waals surface area contributed by atoms with Crippen LogP contribution in [0.1, 0.15) is 36.3 Å². The number of thioether (sulfide) groups is 1. The Morgan fingerprint density at radius 1 is 1.31 bits per heavy atom. The number of carbonyl (C=O) groups excluding carboxylic acids is 1. The number of aromatic hydroxyl groups is 1. The predicted octanol–water partition coefficient (Wildman–Crippen LogP) is 3.95. The van der Waals surface area contributed by atoms with Gasteiger partial charge in [-0.2, -0.15) is 5.10 Å². The average Bonchev–Trinajstić information content (AvgIpc) is 3.30. The second-order valence-corrected chi connectivity index (χ2v) is 7.87. The topological polar surface area (TPSA) is 104 Å². The number of phenols is 1. The Morgan fingerprint density at radius 3 is 2.92 bits per heavy atom. The molecule has 7 nitrogen and oxygen atoms in total. The molecule has 0 aliphatic heterocycles. The zero-order valence-electron chi connectivity index (χ0n) is 14.4. The Kier molecular flexibility index (Phi) is 5.89. The van der Waals surface area contributed by atoms with E-state index in [4.69, 9.17) is 0 Å². The van der Waals surface area contributed by atoms with Gasteiger partial charge in [0.1, 0.15) is 11.4 Å². The summed E-state index contributed by atoms with van der Waals surface area (Å²) in [5.41, 5.74) is 2.48. The lowest BCUT2D eigenvalue weighted by atomic mass is 10.1. The van der Waals surface area contributed by atoms with Crippen molar-refractivity contribution in [1.82, 2.24) is 20.4 Å². The van der Waals surface area contributed by atoms with E-state index < -0.39 is 0 Å². The molecule has 1 amide bonds. The van der Waals surface area contributed by atoms with Crippen molar-refractivity contribution in [1.29, 1.82) is 0 Å². The molecule has 2 heterocycles. The van der Waals surface area contributed by atoms with Gasteiger partial charge < -0.3 is 5.11 Å². The lowest BCUT2D eigenvalue weighted by Gasteiger charge is -2.03. The Hall–Kier alpha value is -2.39. The smallest absolute Gasteiger partial charge is 0.275 e. The summed E-state index contributed by atoms with van der Waals surface area (Å²) in [4.78, 5) is 12.4. The molecule has 0 radical (unpaired) electrons. The summed E-state index contributed by atoms with van der Waals surface area (Å²) >= 11 is 2.96. The molecule has 3 aromatic rings. The molecule has 1 aromatic carbocycles. The van der Waals surface area contributed by atoms with Crippen LogP contribution in [0.25, 0.3) is 11.3 Å². The molecule has 0 bridgehead atoms. The van der Waals surface area contributed by atoms with Crippen LogP contribution in [0.2, 0.25) is 0 Å². The molecule has 136 valence electrons. The fraction of sp³-hybridized carbons (Fsp3) is 0.294. The molecular weight excluding hydrogens is 370 g/mol. The van der Waals surface area contributed by atoms with Crippen LogP contribution < -0.4 is 5.32 Å². The highest BCUT2D eigenvalue weighted by atomic mass is 32.2. The summed E-state index contributed by atoms with van der Waals surface area (Å²) in [6, 6.07) is 6.98.